The topological polar surface area (TPSA) is 40.5 Å². The zero-order valence-electron chi connectivity index (χ0n) is 14.3. The molecular weight excluding hydrogens is 349 g/mol. The second-order valence-corrected chi connectivity index (χ2v) is 6.98. The average molecular weight is 369 g/mol. The molecule has 0 saturated heterocycles. The number of rotatable bonds is 7. The number of aliphatic hydroxyl groups is 1. The lowest BCUT2D eigenvalue weighted by Gasteiger charge is -2.21. The Hall–Kier alpha value is -2.50. The number of carbonyl (C=O) groups is 1. The molecule has 134 valence electrons. The van der Waals surface area contributed by atoms with E-state index < -0.39 is 0 Å². The standard InChI is InChI=1S/C21H20FNO2S/c22-18-9-5-4-8-17(18)19-10-11-20(26-19)21(25)23(14-15-24)13-12-16-6-2-1-3-7-16/h1-11,24H,12-15H2. The van der Waals surface area contributed by atoms with Gasteiger partial charge in [-0.05, 0) is 30.2 Å². The fourth-order valence-corrected chi connectivity index (χ4v) is 3.76. The Morgan fingerprint density at radius 3 is 2.42 bits per heavy atom. The Balaban J connectivity index is 1.74. The molecule has 1 N–H and O–H groups in total. The number of halogens is 1. The second-order valence-electron chi connectivity index (χ2n) is 5.90. The number of benzene rings is 2. The minimum atomic E-state index is -0.301. The predicted octanol–water partition coefficient (Wildman–Crippen LogP) is 4.23. The van der Waals surface area contributed by atoms with Gasteiger partial charge in [0.2, 0.25) is 0 Å². The molecule has 3 nitrogen and oxygen atoms in total. The lowest BCUT2D eigenvalue weighted by Crippen LogP contribution is -2.34. The van der Waals surface area contributed by atoms with Gasteiger partial charge in [-0.3, -0.25) is 4.79 Å². The summed E-state index contributed by atoms with van der Waals surface area (Å²) in [6.45, 7) is 0.709. The maximum Gasteiger partial charge on any atom is 0.264 e. The Morgan fingerprint density at radius 1 is 0.962 bits per heavy atom. The third-order valence-electron chi connectivity index (χ3n) is 4.13. The first-order valence-corrected chi connectivity index (χ1v) is 9.29. The normalized spacial score (nSPS) is 10.7. The predicted molar refractivity (Wildman–Crippen MR) is 103 cm³/mol. The molecule has 0 saturated carbocycles. The minimum absolute atomic E-state index is 0.0912. The van der Waals surface area contributed by atoms with Crippen LogP contribution in [0.3, 0.4) is 0 Å². The molecule has 1 aromatic heterocycles. The molecule has 0 aliphatic rings. The molecular formula is C21H20FNO2S. The van der Waals surface area contributed by atoms with Crippen molar-refractivity contribution in [1.29, 1.82) is 0 Å². The van der Waals surface area contributed by atoms with E-state index in [0.29, 0.717) is 17.0 Å². The van der Waals surface area contributed by atoms with Gasteiger partial charge in [0.15, 0.2) is 0 Å². The molecule has 0 aliphatic heterocycles. The molecule has 0 radical (unpaired) electrons. The summed E-state index contributed by atoms with van der Waals surface area (Å²) in [5, 5.41) is 9.31. The highest BCUT2D eigenvalue weighted by molar-refractivity contribution is 7.17. The molecule has 1 amide bonds. The fourth-order valence-electron chi connectivity index (χ4n) is 2.76. The van der Waals surface area contributed by atoms with E-state index >= 15 is 0 Å². The van der Waals surface area contributed by atoms with E-state index in [2.05, 4.69) is 0 Å². The number of amides is 1. The maximum absolute atomic E-state index is 14.0. The van der Waals surface area contributed by atoms with Crippen LogP contribution in [0.25, 0.3) is 10.4 Å². The van der Waals surface area contributed by atoms with Crippen molar-refractivity contribution in [3.05, 3.63) is 83.0 Å². The zero-order valence-corrected chi connectivity index (χ0v) is 15.1. The first-order chi connectivity index (χ1) is 12.7. The first kappa shape index (κ1) is 18.3. The zero-order chi connectivity index (χ0) is 18.4. The first-order valence-electron chi connectivity index (χ1n) is 8.48. The summed E-state index contributed by atoms with van der Waals surface area (Å²) in [5.41, 5.74) is 1.64. The van der Waals surface area contributed by atoms with Crippen molar-refractivity contribution in [2.75, 3.05) is 19.7 Å². The van der Waals surface area contributed by atoms with Crippen LogP contribution in [-0.2, 0) is 6.42 Å². The van der Waals surface area contributed by atoms with Gasteiger partial charge in [0.05, 0.1) is 11.5 Å². The molecule has 0 fully saturated rings. The summed E-state index contributed by atoms with van der Waals surface area (Å²) in [5.74, 6) is -0.438. The summed E-state index contributed by atoms with van der Waals surface area (Å²) < 4.78 is 14.0. The van der Waals surface area contributed by atoms with Crippen molar-refractivity contribution in [1.82, 2.24) is 4.90 Å². The van der Waals surface area contributed by atoms with Gasteiger partial charge in [-0.1, -0.05) is 48.5 Å². The van der Waals surface area contributed by atoms with Crippen LogP contribution in [0, 0.1) is 5.82 Å². The van der Waals surface area contributed by atoms with Gasteiger partial charge < -0.3 is 10.0 Å². The summed E-state index contributed by atoms with van der Waals surface area (Å²) in [4.78, 5) is 15.7. The number of thiophene rings is 1. The van der Waals surface area contributed by atoms with Crippen LogP contribution >= 0.6 is 11.3 Å². The third-order valence-corrected chi connectivity index (χ3v) is 5.23. The van der Waals surface area contributed by atoms with Gasteiger partial charge in [0, 0.05) is 23.5 Å². The van der Waals surface area contributed by atoms with E-state index in [9.17, 15) is 14.3 Å². The Kier molecular flexibility index (Phi) is 6.15. The van der Waals surface area contributed by atoms with E-state index in [4.69, 9.17) is 0 Å². The highest BCUT2D eigenvalue weighted by Crippen LogP contribution is 2.30. The van der Waals surface area contributed by atoms with E-state index in [-0.39, 0.29) is 24.9 Å². The van der Waals surface area contributed by atoms with Crippen LogP contribution in [0.1, 0.15) is 15.2 Å². The van der Waals surface area contributed by atoms with Crippen LogP contribution in [-0.4, -0.2) is 35.6 Å². The highest BCUT2D eigenvalue weighted by Gasteiger charge is 2.18. The van der Waals surface area contributed by atoms with E-state index in [0.717, 1.165) is 16.9 Å². The van der Waals surface area contributed by atoms with Gasteiger partial charge in [-0.25, -0.2) is 4.39 Å². The smallest absolute Gasteiger partial charge is 0.264 e. The van der Waals surface area contributed by atoms with E-state index in [1.54, 1.807) is 35.2 Å². The van der Waals surface area contributed by atoms with Crippen LogP contribution in [0.2, 0.25) is 0 Å². The van der Waals surface area contributed by atoms with Crippen LogP contribution in [0.5, 0.6) is 0 Å². The molecule has 0 spiro atoms. The van der Waals surface area contributed by atoms with E-state index in [1.165, 1.54) is 17.4 Å². The monoisotopic (exact) mass is 369 g/mol. The van der Waals surface area contributed by atoms with Gasteiger partial charge >= 0.3 is 0 Å². The van der Waals surface area contributed by atoms with Crippen LogP contribution in [0.4, 0.5) is 4.39 Å². The lowest BCUT2D eigenvalue weighted by molar-refractivity contribution is 0.0729. The van der Waals surface area contributed by atoms with Crippen molar-refractivity contribution >= 4 is 17.2 Å². The molecule has 5 heteroatoms. The highest BCUT2D eigenvalue weighted by atomic mass is 32.1. The average Bonchev–Trinajstić information content (AvgIpc) is 3.15. The van der Waals surface area contributed by atoms with Gasteiger partial charge in [-0.2, -0.15) is 0 Å². The molecule has 3 rings (SSSR count). The molecule has 2 aromatic carbocycles. The van der Waals surface area contributed by atoms with Crippen molar-refractivity contribution in [2.45, 2.75) is 6.42 Å². The Bertz CT molecular complexity index is 863. The molecule has 0 unspecified atom stereocenters. The number of carbonyl (C=O) groups excluding carboxylic acids is 1. The molecule has 0 aliphatic carbocycles. The van der Waals surface area contributed by atoms with Crippen molar-refractivity contribution < 1.29 is 14.3 Å². The number of hydrogen-bond acceptors (Lipinski definition) is 3. The Labute approximate surface area is 156 Å². The van der Waals surface area contributed by atoms with Crippen LogP contribution in [0.15, 0.2) is 66.7 Å². The summed E-state index contributed by atoms with van der Waals surface area (Å²) in [6.07, 6.45) is 0.720. The van der Waals surface area contributed by atoms with Crippen molar-refractivity contribution in [3.63, 3.8) is 0 Å². The molecule has 3 aromatic rings. The van der Waals surface area contributed by atoms with Crippen molar-refractivity contribution in [2.24, 2.45) is 0 Å². The second kappa shape index (κ2) is 8.74. The maximum atomic E-state index is 14.0. The number of hydrogen-bond donors (Lipinski definition) is 1. The number of nitrogens with zero attached hydrogens (tertiary/aromatic N) is 1. The lowest BCUT2D eigenvalue weighted by atomic mass is 10.1. The quantitative estimate of drug-likeness (QED) is 0.677. The summed E-state index contributed by atoms with van der Waals surface area (Å²) in [7, 11) is 0. The SMILES string of the molecule is O=C(c1ccc(-c2ccccc2F)s1)N(CCO)CCc1ccccc1. The van der Waals surface area contributed by atoms with Gasteiger partial charge in [0.1, 0.15) is 5.82 Å². The summed E-state index contributed by atoms with van der Waals surface area (Å²) in [6, 6.07) is 19.9. The third kappa shape index (κ3) is 4.36. The Morgan fingerprint density at radius 2 is 1.69 bits per heavy atom. The molecule has 26 heavy (non-hydrogen) atoms. The molecule has 0 atom stereocenters. The molecule has 0 bridgehead atoms. The van der Waals surface area contributed by atoms with Gasteiger partial charge in [-0.15, -0.1) is 11.3 Å². The fraction of sp³-hybridized carbons (Fsp3) is 0.190. The van der Waals surface area contributed by atoms with Gasteiger partial charge in [0.25, 0.3) is 5.91 Å². The van der Waals surface area contributed by atoms with E-state index in [1.807, 2.05) is 30.3 Å². The van der Waals surface area contributed by atoms with Crippen molar-refractivity contribution in [3.8, 4) is 10.4 Å². The molecule has 1 heterocycles. The van der Waals surface area contributed by atoms with Crippen LogP contribution < -0.4 is 0 Å². The largest absolute Gasteiger partial charge is 0.395 e. The summed E-state index contributed by atoms with van der Waals surface area (Å²) >= 11 is 1.27. The minimum Gasteiger partial charge on any atom is -0.395 e. The number of aliphatic hydroxyl groups excluding tert-OH is 1.